The zero-order chi connectivity index (χ0) is 12.9. The Labute approximate surface area is 111 Å². The summed E-state index contributed by atoms with van der Waals surface area (Å²) in [6.45, 7) is 1.40. The monoisotopic (exact) mass is 311 g/mol. The molecule has 0 bridgehead atoms. The van der Waals surface area contributed by atoms with Gasteiger partial charge in [-0.2, -0.15) is 0 Å². The summed E-state index contributed by atoms with van der Waals surface area (Å²) < 4.78 is 19.4. The predicted octanol–water partition coefficient (Wildman–Crippen LogP) is 3.62. The van der Waals surface area contributed by atoms with Crippen LogP contribution in [0.25, 0.3) is 10.9 Å². The van der Waals surface area contributed by atoms with E-state index in [1.54, 1.807) is 0 Å². The molecule has 2 aromatic rings. The van der Waals surface area contributed by atoms with Crippen molar-refractivity contribution in [3.05, 3.63) is 33.7 Å². The number of halogens is 2. The van der Waals surface area contributed by atoms with Gasteiger partial charge in [-0.1, -0.05) is 0 Å². The first kappa shape index (κ1) is 11.7. The Morgan fingerprint density at radius 3 is 3.06 bits per heavy atom. The van der Waals surface area contributed by atoms with Crippen molar-refractivity contribution in [1.29, 1.82) is 0 Å². The number of aromatic nitrogens is 1. The Hall–Kier alpha value is -1.36. The molecule has 0 saturated carbocycles. The molecule has 3 nitrogen and oxygen atoms in total. The van der Waals surface area contributed by atoms with Gasteiger partial charge in [0.2, 0.25) is 0 Å². The van der Waals surface area contributed by atoms with Crippen LogP contribution in [0.15, 0.2) is 16.6 Å². The fraction of sp³-hybridized carbons (Fsp3) is 0.308. The third-order valence-corrected chi connectivity index (χ3v) is 3.88. The second-order valence-electron chi connectivity index (χ2n) is 4.46. The molecule has 1 aromatic heterocycles. The molecule has 0 radical (unpaired) electrons. The number of fused-ring (bicyclic) bond motifs is 3. The number of nitrogens with one attached hydrogen (secondary N) is 1. The molecule has 1 unspecified atom stereocenters. The van der Waals surface area contributed by atoms with Crippen molar-refractivity contribution in [2.75, 3.05) is 0 Å². The van der Waals surface area contributed by atoms with Crippen LogP contribution >= 0.6 is 15.9 Å². The Morgan fingerprint density at radius 1 is 1.56 bits per heavy atom. The maximum Gasteiger partial charge on any atom is 0.303 e. The molecule has 1 aliphatic carbocycles. The predicted molar refractivity (Wildman–Crippen MR) is 68.8 cm³/mol. The third-order valence-electron chi connectivity index (χ3n) is 3.25. The minimum atomic E-state index is -0.295. The number of carbonyl (C=O) groups excluding carboxylic acids is 1. The van der Waals surface area contributed by atoms with Crippen LogP contribution in [0.5, 0.6) is 0 Å². The SMILES string of the molecule is CC(=O)OC1CCc2c1[nH]c1c(Br)cc(F)cc21. The molecule has 1 N–H and O–H groups in total. The summed E-state index contributed by atoms with van der Waals surface area (Å²) in [7, 11) is 0. The molecule has 0 saturated heterocycles. The number of carbonyl (C=O) groups is 1. The Kier molecular flexibility index (Phi) is 2.66. The molecule has 5 heteroatoms. The molecular weight excluding hydrogens is 301 g/mol. The van der Waals surface area contributed by atoms with Gasteiger partial charge in [0, 0.05) is 16.8 Å². The lowest BCUT2D eigenvalue weighted by atomic mass is 10.1. The van der Waals surface area contributed by atoms with E-state index >= 15 is 0 Å². The molecular formula is C13H11BrFNO2. The quantitative estimate of drug-likeness (QED) is 0.817. The summed E-state index contributed by atoms with van der Waals surface area (Å²) in [5.74, 6) is -0.566. The van der Waals surface area contributed by atoms with Gasteiger partial charge in [-0.15, -0.1) is 0 Å². The zero-order valence-electron chi connectivity index (χ0n) is 9.72. The van der Waals surface area contributed by atoms with Gasteiger partial charge in [0.15, 0.2) is 0 Å². The maximum absolute atomic E-state index is 13.4. The highest BCUT2D eigenvalue weighted by atomic mass is 79.9. The third kappa shape index (κ3) is 1.73. The average molecular weight is 312 g/mol. The fourth-order valence-corrected chi connectivity index (χ4v) is 3.11. The van der Waals surface area contributed by atoms with Gasteiger partial charge in [-0.05, 0) is 46.5 Å². The van der Waals surface area contributed by atoms with Gasteiger partial charge < -0.3 is 9.72 Å². The van der Waals surface area contributed by atoms with Gasteiger partial charge in [-0.3, -0.25) is 4.79 Å². The number of hydrogen-bond acceptors (Lipinski definition) is 2. The van der Waals surface area contributed by atoms with Crippen molar-refractivity contribution in [1.82, 2.24) is 4.98 Å². The number of benzene rings is 1. The van der Waals surface area contributed by atoms with E-state index in [1.807, 2.05) is 0 Å². The summed E-state index contributed by atoms with van der Waals surface area (Å²) in [6, 6.07) is 2.94. The second-order valence-corrected chi connectivity index (χ2v) is 5.32. The average Bonchev–Trinajstić information content (AvgIpc) is 2.79. The zero-order valence-corrected chi connectivity index (χ0v) is 11.3. The summed E-state index contributed by atoms with van der Waals surface area (Å²) >= 11 is 3.34. The lowest BCUT2D eigenvalue weighted by Crippen LogP contribution is -2.05. The molecule has 94 valence electrons. The number of hydrogen-bond donors (Lipinski definition) is 1. The number of aromatic amines is 1. The van der Waals surface area contributed by atoms with Crippen molar-refractivity contribution in [3.8, 4) is 0 Å². The first-order valence-corrected chi connectivity index (χ1v) is 6.52. The smallest absolute Gasteiger partial charge is 0.303 e. The Bertz CT molecular complexity index is 650. The van der Waals surface area contributed by atoms with Crippen molar-refractivity contribution < 1.29 is 13.9 Å². The van der Waals surface area contributed by atoms with Crippen LogP contribution in [0.2, 0.25) is 0 Å². The number of aryl methyl sites for hydroxylation is 1. The van der Waals surface area contributed by atoms with Gasteiger partial charge in [0.25, 0.3) is 0 Å². The first-order valence-electron chi connectivity index (χ1n) is 5.73. The highest BCUT2D eigenvalue weighted by Gasteiger charge is 2.29. The molecule has 1 heterocycles. The first-order chi connectivity index (χ1) is 8.56. The standard InChI is InChI=1S/C13H11BrFNO2/c1-6(17)18-11-3-2-8-9-4-7(15)5-10(14)12(9)16-13(8)11/h4-5,11,16H,2-3H2,1H3. The molecule has 0 spiro atoms. The fourth-order valence-electron chi connectivity index (χ4n) is 2.58. The highest BCUT2D eigenvalue weighted by Crippen LogP contribution is 2.40. The van der Waals surface area contributed by atoms with Crippen molar-refractivity contribution in [2.24, 2.45) is 0 Å². The maximum atomic E-state index is 13.4. The van der Waals surface area contributed by atoms with Crippen molar-refractivity contribution in [3.63, 3.8) is 0 Å². The van der Waals surface area contributed by atoms with Crippen LogP contribution in [-0.4, -0.2) is 11.0 Å². The van der Waals surface area contributed by atoms with Crippen LogP contribution in [-0.2, 0) is 16.0 Å². The van der Waals surface area contributed by atoms with E-state index in [4.69, 9.17) is 4.74 Å². The minimum Gasteiger partial charge on any atom is -0.456 e. The summed E-state index contributed by atoms with van der Waals surface area (Å²) in [5, 5.41) is 0.867. The van der Waals surface area contributed by atoms with Crippen LogP contribution < -0.4 is 0 Å². The van der Waals surface area contributed by atoms with E-state index in [2.05, 4.69) is 20.9 Å². The van der Waals surface area contributed by atoms with Crippen LogP contribution in [0, 0.1) is 5.82 Å². The van der Waals surface area contributed by atoms with E-state index in [0.29, 0.717) is 4.47 Å². The van der Waals surface area contributed by atoms with E-state index < -0.39 is 0 Å². The van der Waals surface area contributed by atoms with Crippen LogP contribution in [0.1, 0.15) is 30.7 Å². The molecule has 0 fully saturated rings. The summed E-state index contributed by atoms with van der Waals surface area (Å²) in [6.07, 6.45) is 1.31. The summed E-state index contributed by atoms with van der Waals surface area (Å²) in [4.78, 5) is 14.3. The van der Waals surface area contributed by atoms with E-state index in [1.165, 1.54) is 19.1 Å². The highest BCUT2D eigenvalue weighted by molar-refractivity contribution is 9.10. The molecule has 1 atom stereocenters. The molecule has 0 aliphatic heterocycles. The van der Waals surface area contributed by atoms with Crippen molar-refractivity contribution >= 4 is 32.8 Å². The van der Waals surface area contributed by atoms with Gasteiger partial charge in [-0.25, -0.2) is 4.39 Å². The molecule has 0 amide bonds. The lowest BCUT2D eigenvalue weighted by Gasteiger charge is -2.09. The number of rotatable bonds is 1. The summed E-state index contributed by atoms with van der Waals surface area (Å²) in [5.41, 5.74) is 2.81. The van der Waals surface area contributed by atoms with E-state index in [0.717, 1.165) is 35.0 Å². The van der Waals surface area contributed by atoms with Crippen LogP contribution in [0.4, 0.5) is 4.39 Å². The molecule has 18 heavy (non-hydrogen) atoms. The Balaban J connectivity index is 2.15. The minimum absolute atomic E-state index is 0.236. The normalized spacial score (nSPS) is 18.1. The van der Waals surface area contributed by atoms with Gasteiger partial charge in [0.05, 0.1) is 11.2 Å². The van der Waals surface area contributed by atoms with E-state index in [-0.39, 0.29) is 17.9 Å². The second kappa shape index (κ2) is 4.09. The number of H-pyrrole nitrogens is 1. The van der Waals surface area contributed by atoms with Gasteiger partial charge >= 0.3 is 5.97 Å². The largest absolute Gasteiger partial charge is 0.456 e. The topological polar surface area (TPSA) is 42.1 Å². The number of esters is 1. The molecule has 1 aliphatic rings. The lowest BCUT2D eigenvalue weighted by molar-refractivity contribution is -0.146. The molecule has 1 aromatic carbocycles. The Morgan fingerprint density at radius 2 is 2.33 bits per heavy atom. The van der Waals surface area contributed by atoms with Crippen molar-refractivity contribution in [2.45, 2.75) is 25.9 Å². The van der Waals surface area contributed by atoms with Crippen LogP contribution in [0.3, 0.4) is 0 Å². The van der Waals surface area contributed by atoms with Gasteiger partial charge in [0.1, 0.15) is 11.9 Å². The number of ether oxygens (including phenoxy) is 1. The van der Waals surface area contributed by atoms with E-state index in [9.17, 15) is 9.18 Å². The molecule has 3 rings (SSSR count).